The molecule has 0 atom stereocenters. The molecule has 0 saturated heterocycles. The lowest BCUT2D eigenvalue weighted by molar-refractivity contribution is 0.0986. The SMILES string of the molecule is Cn1nnc(CC(=O)c2ncc(Cl)cc2Cl)n1. The van der Waals surface area contributed by atoms with E-state index < -0.39 is 0 Å². The summed E-state index contributed by atoms with van der Waals surface area (Å²) in [5, 5.41) is 11.8. The highest BCUT2D eigenvalue weighted by Crippen LogP contribution is 2.19. The molecule has 0 aromatic carbocycles. The summed E-state index contributed by atoms with van der Waals surface area (Å²) >= 11 is 11.6. The standard InChI is InChI=1S/C9H7Cl2N5O/c1-16-14-8(13-15-16)3-7(17)9-6(11)2-5(10)4-12-9/h2,4H,3H2,1H3. The Hall–Kier alpha value is -1.53. The second kappa shape index (κ2) is 4.77. The summed E-state index contributed by atoms with van der Waals surface area (Å²) in [7, 11) is 1.62. The van der Waals surface area contributed by atoms with Crippen molar-refractivity contribution in [3.63, 3.8) is 0 Å². The molecule has 0 N–H and O–H groups in total. The molecule has 0 aliphatic rings. The third-order valence-corrected chi connectivity index (χ3v) is 2.44. The first-order valence-electron chi connectivity index (χ1n) is 4.63. The Bertz CT molecular complexity index is 568. The van der Waals surface area contributed by atoms with Crippen molar-refractivity contribution in [2.75, 3.05) is 0 Å². The zero-order valence-corrected chi connectivity index (χ0v) is 10.3. The van der Waals surface area contributed by atoms with E-state index in [1.807, 2.05) is 0 Å². The molecule has 2 rings (SSSR count). The topological polar surface area (TPSA) is 73.6 Å². The van der Waals surface area contributed by atoms with Crippen molar-refractivity contribution >= 4 is 29.0 Å². The molecule has 0 radical (unpaired) electrons. The minimum atomic E-state index is -0.278. The van der Waals surface area contributed by atoms with Crippen LogP contribution in [0.15, 0.2) is 12.3 Å². The molecule has 0 unspecified atom stereocenters. The summed E-state index contributed by atoms with van der Waals surface area (Å²) in [4.78, 5) is 17.0. The summed E-state index contributed by atoms with van der Waals surface area (Å²) in [6.45, 7) is 0. The van der Waals surface area contributed by atoms with E-state index in [9.17, 15) is 4.79 Å². The molecule has 0 bridgehead atoms. The third-order valence-electron chi connectivity index (χ3n) is 1.94. The van der Waals surface area contributed by atoms with E-state index in [2.05, 4.69) is 20.4 Å². The number of Topliss-reactive ketones (excluding diaryl/α,β-unsaturated/α-hetero) is 1. The van der Waals surface area contributed by atoms with Gasteiger partial charge in [-0.2, -0.15) is 4.80 Å². The molecule has 0 aliphatic carbocycles. The Balaban J connectivity index is 2.20. The molecule has 0 saturated carbocycles. The number of ketones is 1. The van der Waals surface area contributed by atoms with Crippen molar-refractivity contribution in [3.05, 3.63) is 33.8 Å². The fourth-order valence-corrected chi connectivity index (χ4v) is 1.73. The molecule has 2 aromatic rings. The van der Waals surface area contributed by atoms with E-state index in [0.717, 1.165) is 0 Å². The largest absolute Gasteiger partial charge is 0.292 e. The first-order valence-corrected chi connectivity index (χ1v) is 5.39. The van der Waals surface area contributed by atoms with E-state index in [1.165, 1.54) is 17.1 Å². The third kappa shape index (κ3) is 2.78. The number of carbonyl (C=O) groups is 1. The number of aromatic nitrogens is 5. The molecule has 0 fully saturated rings. The lowest BCUT2D eigenvalue weighted by Gasteiger charge is -2.00. The molecule has 6 nitrogen and oxygen atoms in total. The van der Waals surface area contributed by atoms with Gasteiger partial charge in [0, 0.05) is 6.20 Å². The first-order chi connectivity index (χ1) is 8.06. The van der Waals surface area contributed by atoms with Crippen molar-refractivity contribution in [3.8, 4) is 0 Å². The van der Waals surface area contributed by atoms with Crippen molar-refractivity contribution in [1.82, 2.24) is 25.2 Å². The highest BCUT2D eigenvalue weighted by Gasteiger charge is 2.15. The lowest BCUT2D eigenvalue weighted by atomic mass is 10.2. The molecule has 88 valence electrons. The molecule has 2 heterocycles. The van der Waals surface area contributed by atoms with Crippen molar-refractivity contribution in [2.45, 2.75) is 6.42 Å². The van der Waals surface area contributed by atoms with Gasteiger partial charge in [-0.3, -0.25) is 4.79 Å². The summed E-state index contributed by atoms with van der Waals surface area (Å²) < 4.78 is 0. The van der Waals surface area contributed by atoms with Crippen LogP contribution in [-0.4, -0.2) is 31.0 Å². The van der Waals surface area contributed by atoms with Crippen molar-refractivity contribution in [1.29, 1.82) is 0 Å². The number of halogens is 2. The lowest BCUT2D eigenvalue weighted by Crippen LogP contribution is -2.08. The van der Waals surface area contributed by atoms with Crippen LogP contribution in [-0.2, 0) is 13.5 Å². The van der Waals surface area contributed by atoms with Crippen LogP contribution in [0.3, 0.4) is 0 Å². The van der Waals surface area contributed by atoms with Gasteiger partial charge in [0.1, 0.15) is 5.69 Å². The minimum absolute atomic E-state index is 0.00217. The van der Waals surface area contributed by atoms with Crippen LogP contribution in [0.2, 0.25) is 10.0 Å². The fraction of sp³-hybridized carbons (Fsp3) is 0.222. The second-order valence-electron chi connectivity index (χ2n) is 3.28. The average molecular weight is 272 g/mol. The Morgan fingerprint density at radius 3 is 2.82 bits per heavy atom. The molecular formula is C9H7Cl2N5O. The maximum atomic E-state index is 11.8. The Kier molecular flexibility index (Phi) is 3.35. The summed E-state index contributed by atoms with van der Waals surface area (Å²) in [6.07, 6.45) is 1.37. The number of hydrogen-bond acceptors (Lipinski definition) is 5. The smallest absolute Gasteiger partial charge is 0.190 e. The van der Waals surface area contributed by atoms with E-state index in [0.29, 0.717) is 10.8 Å². The average Bonchev–Trinajstić information content (AvgIpc) is 2.63. The predicted octanol–water partition coefficient (Wildman–Crippen LogP) is 1.34. The van der Waals surface area contributed by atoms with Crippen LogP contribution in [0.25, 0.3) is 0 Å². The number of tetrazole rings is 1. The van der Waals surface area contributed by atoms with Crippen LogP contribution < -0.4 is 0 Å². The van der Waals surface area contributed by atoms with Gasteiger partial charge in [-0.25, -0.2) is 4.98 Å². The Morgan fingerprint density at radius 1 is 1.47 bits per heavy atom. The maximum absolute atomic E-state index is 11.8. The summed E-state index contributed by atoms with van der Waals surface area (Å²) in [5.74, 6) is 0.0463. The van der Waals surface area contributed by atoms with Gasteiger partial charge >= 0.3 is 0 Å². The van der Waals surface area contributed by atoms with Gasteiger partial charge in [0.2, 0.25) is 0 Å². The number of pyridine rings is 1. The molecule has 2 aromatic heterocycles. The van der Waals surface area contributed by atoms with Gasteiger partial charge in [0.05, 0.1) is 23.5 Å². The Morgan fingerprint density at radius 2 is 2.24 bits per heavy atom. The molecule has 0 aliphatic heterocycles. The molecule has 0 amide bonds. The van der Waals surface area contributed by atoms with Crippen LogP contribution >= 0.6 is 23.2 Å². The van der Waals surface area contributed by atoms with Crippen LogP contribution in [0, 0.1) is 0 Å². The second-order valence-corrected chi connectivity index (χ2v) is 4.12. The van der Waals surface area contributed by atoms with Gasteiger partial charge in [-0.05, 0) is 11.3 Å². The highest BCUT2D eigenvalue weighted by molar-refractivity contribution is 6.36. The number of rotatable bonds is 3. The monoisotopic (exact) mass is 271 g/mol. The molecular weight excluding hydrogens is 265 g/mol. The highest BCUT2D eigenvalue weighted by atomic mass is 35.5. The number of hydrogen-bond donors (Lipinski definition) is 0. The van der Waals surface area contributed by atoms with Crippen LogP contribution in [0.5, 0.6) is 0 Å². The van der Waals surface area contributed by atoms with Gasteiger partial charge in [-0.15, -0.1) is 10.2 Å². The zero-order chi connectivity index (χ0) is 12.4. The van der Waals surface area contributed by atoms with Crippen molar-refractivity contribution in [2.24, 2.45) is 7.05 Å². The van der Waals surface area contributed by atoms with E-state index >= 15 is 0 Å². The number of carbonyl (C=O) groups excluding carboxylic acids is 1. The number of aryl methyl sites for hydroxylation is 1. The van der Waals surface area contributed by atoms with Gasteiger partial charge in [0.25, 0.3) is 0 Å². The van der Waals surface area contributed by atoms with E-state index in [1.54, 1.807) is 7.05 Å². The van der Waals surface area contributed by atoms with Crippen LogP contribution in [0.4, 0.5) is 0 Å². The fourth-order valence-electron chi connectivity index (χ4n) is 1.24. The summed E-state index contributed by atoms with van der Waals surface area (Å²) in [6, 6.07) is 1.47. The molecule has 0 spiro atoms. The van der Waals surface area contributed by atoms with Gasteiger partial charge in [-0.1, -0.05) is 23.2 Å². The van der Waals surface area contributed by atoms with Gasteiger partial charge in [0.15, 0.2) is 11.6 Å². The Labute approximate surface area is 107 Å². The number of nitrogens with zero attached hydrogens (tertiary/aromatic N) is 5. The quantitative estimate of drug-likeness (QED) is 0.788. The summed E-state index contributed by atoms with van der Waals surface area (Å²) in [5.41, 5.74) is 0.156. The van der Waals surface area contributed by atoms with Gasteiger partial charge < -0.3 is 0 Å². The normalized spacial score (nSPS) is 10.5. The van der Waals surface area contributed by atoms with Crippen LogP contribution in [0.1, 0.15) is 16.3 Å². The molecule has 8 heteroatoms. The first kappa shape index (κ1) is 11.9. The van der Waals surface area contributed by atoms with E-state index in [-0.39, 0.29) is 22.9 Å². The van der Waals surface area contributed by atoms with Crippen molar-refractivity contribution < 1.29 is 4.79 Å². The maximum Gasteiger partial charge on any atom is 0.190 e. The van der Waals surface area contributed by atoms with E-state index in [4.69, 9.17) is 23.2 Å². The molecule has 17 heavy (non-hydrogen) atoms. The zero-order valence-electron chi connectivity index (χ0n) is 8.76. The minimum Gasteiger partial charge on any atom is -0.292 e. The predicted molar refractivity (Wildman–Crippen MR) is 61.1 cm³/mol.